The summed E-state index contributed by atoms with van der Waals surface area (Å²) < 4.78 is 0. The van der Waals surface area contributed by atoms with Gasteiger partial charge in [0, 0.05) is 30.3 Å². The normalized spacial score (nSPS) is 14.2. The first-order valence-electron chi connectivity index (χ1n) is 6.86. The molecular weight excluding hydrogens is 240 g/mol. The number of hydrogen-bond acceptors (Lipinski definition) is 3. The Morgan fingerprint density at radius 2 is 2.00 bits per heavy atom. The van der Waals surface area contributed by atoms with E-state index in [1.807, 2.05) is 11.8 Å². The average Bonchev–Trinajstić information content (AvgIpc) is 2.80. The first-order chi connectivity index (χ1) is 8.75. The molecule has 0 fully saturated rings. The molecule has 0 spiro atoms. The van der Waals surface area contributed by atoms with Crippen molar-refractivity contribution in [2.45, 2.75) is 24.2 Å². The van der Waals surface area contributed by atoms with Crippen molar-refractivity contribution in [1.29, 1.82) is 0 Å². The summed E-state index contributed by atoms with van der Waals surface area (Å²) in [5.74, 6) is 1.16. The fraction of sp³-hybridized carbons (Fsp3) is 0.600. The Balaban J connectivity index is 1.65. The minimum absolute atomic E-state index is 1.08. The van der Waals surface area contributed by atoms with E-state index in [2.05, 4.69) is 42.5 Å². The quantitative estimate of drug-likeness (QED) is 0.601. The van der Waals surface area contributed by atoms with Gasteiger partial charge in [0.05, 0.1) is 0 Å². The number of hydrogen-bond donors (Lipinski definition) is 1. The van der Waals surface area contributed by atoms with Crippen LogP contribution < -0.4 is 5.32 Å². The molecule has 0 radical (unpaired) electrons. The van der Waals surface area contributed by atoms with E-state index in [0.717, 1.165) is 25.4 Å². The Labute approximate surface area is 115 Å². The molecule has 2 rings (SSSR count). The van der Waals surface area contributed by atoms with Crippen molar-refractivity contribution >= 4 is 11.8 Å². The fourth-order valence-corrected chi connectivity index (χ4v) is 3.18. The van der Waals surface area contributed by atoms with E-state index >= 15 is 0 Å². The molecule has 1 aliphatic carbocycles. The molecule has 2 nitrogen and oxygen atoms in total. The average molecular weight is 264 g/mol. The van der Waals surface area contributed by atoms with Crippen LogP contribution in [0.15, 0.2) is 23.1 Å². The number of benzene rings is 1. The van der Waals surface area contributed by atoms with Crippen LogP contribution in [-0.4, -0.2) is 44.4 Å². The highest BCUT2D eigenvalue weighted by molar-refractivity contribution is 7.99. The SMILES string of the molecule is CN(C)CCNCCSc1ccc2c(c1)CCC2. The van der Waals surface area contributed by atoms with Gasteiger partial charge in [0.25, 0.3) is 0 Å². The predicted molar refractivity (Wildman–Crippen MR) is 80.6 cm³/mol. The summed E-state index contributed by atoms with van der Waals surface area (Å²) in [5, 5.41) is 3.48. The molecule has 0 heterocycles. The van der Waals surface area contributed by atoms with Gasteiger partial charge in [-0.25, -0.2) is 0 Å². The number of aryl methyl sites for hydroxylation is 2. The molecule has 1 aromatic rings. The lowest BCUT2D eigenvalue weighted by molar-refractivity contribution is 0.403. The first-order valence-corrected chi connectivity index (χ1v) is 7.84. The van der Waals surface area contributed by atoms with Gasteiger partial charge in [0.1, 0.15) is 0 Å². The second-order valence-corrected chi connectivity index (χ2v) is 6.35. The monoisotopic (exact) mass is 264 g/mol. The van der Waals surface area contributed by atoms with Crippen molar-refractivity contribution in [1.82, 2.24) is 10.2 Å². The zero-order valence-corrected chi connectivity index (χ0v) is 12.4. The van der Waals surface area contributed by atoms with Crippen LogP contribution >= 0.6 is 11.8 Å². The lowest BCUT2D eigenvalue weighted by Crippen LogP contribution is -2.27. The van der Waals surface area contributed by atoms with Gasteiger partial charge >= 0.3 is 0 Å². The summed E-state index contributed by atoms with van der Waals surface area (Å²) in [5.41, 5.74) is 3.16. The van der Waals surface area contributed by atoms with Gasteiger partial charge in [-0.05, 0) is 56.6 Å². The van der Waals surface area contributed by atoms with Crippen molar-refractivity contribution < 1.29 is 0 Å². The Morgan fingerprint density at radius 3 is 2.83 bits per heavy atom. The van der Waals surface area contributed by atoms with Crippen LogP contribution in [0.25, 0.3) is 0 Å². The predicted octanol–water partition coefficient (Wildman–Crippen LogP) is 2.42. The van der Waals surface area contributed by atoms with E-state index in [1.54, 1.807) is 11.1 Å². The summed E-state index contributed by atoms with van der Waals surface area (Å²) in [6.45, 7) is 3.29. The largest absolute Gasteiger partial charge is 0.315 e. The van der Waals surface area contributed by atoms with E-state index in [9.17, 15) is 0 Å². The molecule has 0 bridgehead atoms. The van der Waals surface area contributed by atoms with Gasteiger partial charge in [-0.2, -0.15) is 0 Å². The number of nitrogens with zero attached hydrogens (tertiary/aromatic N) is 1. The number of likely N-dealkylation sites (N-methyl/N-ethyl adjacent to an activating group) is 1. The Morgan fingerprint density at radius 1 is 1.17 bits per heavy atom. The van der Waals surface area contributed by atoms with E-state index < -0.39 is 0 Å². The fourth-order valence-electron chi connectivity index (χ4n) is 2.31. The third kappa shape index (κ3) is 4.30. The maximum atomic E-state index is 3.48. The third-order valence-corrected chi connectivity index (χ3v) is 4.35. The van der Waals surface area contributed by atoms with E-state index in [-0.39, 0.29) is 0 Å². The van der Waals surface area contributed by atoms with E-state index in [4.69, 9.17) is 0 Å². The first kappa shape index (κ1) is 13.9. The molecule has 0 atom stereocenters. The molecule has 0 aliphatic heterocycles. The molecule has 1 aromatic carbocycles. The van der Waals surface area contributed by atoms with Crippen LogP contribution in [-0.2, 0) is 12.8 Å². The minimum Gasteiger partial charge on any atom is -0.315 e. The standard InChI is InChI=1S/C15H24N2S/c1-17(2)10-8-16-9-11-18-15-7-6-13-4-3-5-14(13)12-15/h6-7,12,16H,3-5,8-11H2,1-2H3. The highest BCUT2D eigenvalue weighted by Gasteiger charge is 2.10. The summed E-state index contributed by atoms with van der Waals surface area (Å²) in [6, 6.07) is 7.01. The Hall–Kier alpha value is -0.510. The molecule has 1 aliphatic rings. The van der Waals surface area contributed by atoms with Crippen LogP contribution in [0.5, 0.6) is 0 Å². The smallest absolute Gasteiger partial charge is 0.0106 e. The highest BCUT2D eigenvalue weighted by Crippen LogP contribution is 2.27. The second-order valence-electron chi connectivity index (χ2n) is 5.19. The van der Waals surface area contributed by atoms with Crippen molar-refractivity contribution in [2.24, 2.45) is 0 Å². The van der Waals surface area contributed by atoms with E-state index in [1.165, 1.54) is 24.2 Å². The van der Waals surface area contributed by atoms with Crippen LogP contribution in [0.4, 0.5) is 0 Å². The lowest BCUT2D eigenvalue weighted by atomic mass is 10.1. The maximum Gasteiger partial charge on any atom is 0.0106 e. The summed E-state index contributed by atoms with van der Waals surface area (Å²) in [6.07, 6.45) is 3.91. The van der Waals surface area contributed by atoms with E-state index in [0.29, 0.717) is 0 Å². The van der Waals surface area contributed by atoms with Gasteiger partial charge in [-0.15, -0.1) is 11.8 Å². The van der Waals surface area contributed by atoms with Crippen LogP contribution in [0, 0.1) is 0 Å². The van der Waals surface area contributed by atoms with Gasteiger partial charge in [-0.1, -0.05) is 6.07 Å². The van der Waals surface area contributed by atoms with Crippen molar-refractivity contribution in [3.8, 4) is 0 Å². The number of nitrogens with one attached hydrogen (secondary N) is 1. The Bertz CT molecular complexity index is 377. The summed E-state index contributed by atoms with van der Waals surface area (Å²) in [4.78, 5) is 3.64. The zero-order chi connectivity index (χ0) is 12.8. The minimum atomic E-state index is 1.08. The molecular formula is C15H24N2S. The number of thioether (sulfide) groups is 1. The van der Waals surface area contributed by atoms with Gasteiger partial charge in [-0.3, -0.25) is 0 Å². The third-order valence-electron chi connectivity index (χ3n) is 3.35. The van der Waals surface area contributed by atoms with Gasteiger partial charge in [0.2, 0.25) is 0 Å². The molecule has 0 amide bonds. The summed E-state index contributed by atoms with van der Waals surface area (Å²) in [7, 11) is 4.22. The maximum absolute atomic E-state index is 3.48. The molecule has 1 N–H and O–H groups in total. The van der Waals surface area contributed by atoms with Gasteiger partial charge < -0.3 is 10.2 Å². The lowest BCUT2D eigenvalue weighted by Gasteiger charge is -2.10. The van der Waals surface area contributed by atoms with Gasteiger partial charge in [0.15, 0.2) is 0 Å². The molecule has 3 heteroatoms. The molecule has 0 unspecified atom stereocenters. The molecule has 18 heavy (non-hydrogen) atoms. The van der Waals surface area contributed by atoms with Crippen LogP contribution in [0.1, 0.15) is 17.5 Å². The number of rotatable bonds is 7. The molecule has 0 saturated heterocycles. The van der Waals surface area contributed by atoms with Crippen LogP contribution in [0.2, 0.25) is 0 Å². The van der Waals surface area contributed by atoms with Crippen molar-refractivity contribution in [2.75, 3.05) is 39.5 Å². The highest BCUT2D eigenvalue weighted by atomic mass is 32.2. The Kier molecular flexibility index (Phi) is 5.54. The summed E-state index contributed by atoms with van der Waals surface area (Å²) >= 11 is 1.97. The van der Waals surface area contributed by atoms with Crippen molar-refractivity contribution in [3.05, 3.63) is 29.3 Å². The topological polar surface area (TPSA) is 15.3 Å². The number of fused-ring (bicyclic) bond motifs is 1. The van der Waals surface area contributed by atoms with Crippen molar-refractivity contribution in [3.63, 3.8) is 0 Å². The molecule has 0 saturated carbocycles. The van der Waals surface area contributed by atoms with Crippen LogP contribution in [0.3, 0.4) is 0 Å². The second kappa shape index (κ2) is 7.17. The molecule has 0 aromatic heterocycles. The zero-order valence-electron chi connectivity index (χ0n) is 11.5. The molecule has 100 valence electrons.